The zero-order valence-electron chi connectivity index (χ0n) is 16.4. The molecule has 0 bridgehead atoms. The predicted molar refractivity (Wildman–Crippen MR) is 112 cm³/mol. The molecular formula is C22H25N3O2S. The van der Waals surface area contributed by atoms with E-state index in [4.69, 9.17) is 4.42 Å². The first-order valence-corrected chi connectivity index (χ1v) is 10.3. The van der Waals surface area contributed by atoms with Crippen LogP contribution in [0.25, 0.3) is 11.5 Å². The molecule has 3 rings (SSSR count). The molecule has 1 aromatic heterocycles. The van der Waals surface area contributed by atoms with Crippen LogP contribution in [0, 0.1) is 6.92 Å². The number of carbonyl (C=O) groups excluding carboxylic acids is 1. The monoisotopic (exact) mass is 395 g/mol. The summed E-state index contributed by atoms with van der Waals surface area (Å²) >= 11 is 1.27. The van der Waals surface area contributed by atoms with E-state index in [-0.39, 0.29) is 17.2 Å². The fourth-order valence-corrected chi connectivity index (χ4v) is 3.43. The summed E-state index contributed by atoms with van der Waals surface area (Å²) in [5.41, 5.74) is 3.32. The van der Waals surface area contributed by atoms with E-state index in [1.807, 2.05) is 63.2 Å². The topological polar surface area (TPSA) is 68.0 Å². The number of nitrogens with zero attached hydrogens (tertiary/aromatic N) is 2. The summed E-state index contributed by atoms with van der Waals surface area (Å²) in [5, 5.41) is 11.3. The second kappa shape index (κ2) is 9.55. The molecule has 0 radical (unpaired) electrons. The van der Waals surface area contributed by atoms with Gasteiger partial charge in [0.05, 0.1) is 5.25 Å². The van der Waals surface area contributed by atoms with Gasteiger partial charge in [0, 0.05) is 11.6 Å². The Morgan fingerprint density at radius 1 is 1.07 bits per heavy atom. The summed E-state index contributed by atoms with van der Waals surface area (Å²) < 4.78 is 5.70. The van der Waals surface area contributed by atoms with Gasteiger partial charge in [-0.15, -0.1) is 10.2 Å². The van der Waals surface area contributed by atoms with E-state index in [1.54, 1.807) is 0 Å². The number of amides is 1. The molecule has 0 spiro atoms. The van der Waals surface area contributed by atoms with E-state index in [0.29, 0.717) is 11.1 Å². The molecule has 2 unspecified atom stereocenters. The minimum Gasteiger partial charge on any atom is -0.411 e. The van der Waals surface area contributed by atoms with Crippen molar-refractivity contribution in [2.24, 2.45) is 0 Å². The van der Waals surface area contributed by atoms with Crippen molar-refractivity contribution in [1.29, 1.82) is 0 Å². The molecule has 1 amide bonds. The molecule has 0 saturated carbocycles. The van der Waals surface area contributed by atoms with E-state index in [2.05, 4.69) is 27.6 Å². The summed E-state index contributed by atoms with van der Waals surface area (Å²) in [4.78, 5) is 12.5. The number of aromatic nitrogens is 2. The van der Waals surface area contributed by atoms with Crippen LogP contribution in [0.5, 0.6) is 0 Å². The van der Waals surface area contributed by atoms with Crippen molar-refractivity contribution in [3.05, 3.63) is 65.7 Å². The Bertz CT molecular complexity index is 894. The molecule has 0 aliphatic carbocycles. The SMILES string of the molecule is Cc1ccc(-c2nnc(SC(C)C(=O)NC(C)CCc3ccccc3)o2)cc1. The quantitative estimate of drug-likeness (QED) is 0.562. The predicted octanol–water partition coefficient (Wildman–Crippen LogP) is 4.66. The van der Waals surface area contributed by atoms with Gasteiger partial charge in [0.1, 0.15) is 0 Å². The van der Waals surface area contributed by atoms with Gasteiger partial charge in [-0.1, -0.05) is 59.8 Å². The van der Waals surface area contributed by atoms with Crippen molar-refractivity contribution in [1.82, 2.24) is 15.5 Å². The standard InChI is InChI=1S/C22H25N3O2S/c1-15-9-13-19(14-10-15)21-24-25-22(27-21)28-17(3)20(26)23-16(2)11-12-18-7-5-4-6-8-18/h4-10,13-14,16-17H,11-12H2,1-3H3,(H,23,26). The van der Waals surface area contributed by atoms with Crippen LogP contribution in [0.15, 0.2) is 64.2 Å². The summed E-state index contributed by atoms with van der Waals surface area (Å²) in [7, 11) is 0. The van der Waals surface area contributed by atoms with Gasteiger partial charge in [0.15, 0.2) is 0 Å². The van der Waals surface area contributed by atoms with Crippen molar-refractivity contribution >= 4 is 17.7 Å². The van der Waals surface area contributed by atoms with Gasteiger partial charge in [-0.2, -0.15) is 0 Å². The minimum absolute atomic E-state index is 0.0272. The molecule has 0 saturated heterocycles. The van der Waals surface area contributed by atoms with Crippen molar-refractivity contribution in [2.45, 2.75) is 50.1 Å². The zero-order valence-corrected chi connectivity index (χ0v) is 17.2. The van der Waals surface area contributed by atoms with Crippen LogP contribution in [0.3, 0.4) is 0 Å². The summed E-state index contributed by atoms with van der Waals surface area (Å²) in [5.74, 6) is 0.437. The Labute approximate surface area is 170 Å². The Kier molecular flexibility index (Phi) is 6.87. The van der Waals surface area contributed by atoms with Crippen LogP contribution in [-0.2, 0) is 11.2 Å². The first kappa shape index (κ1) is 20.1. The van der Waals surface area contributed by atoms with Gasteiger partial charge in [0.25, 0.3) is 5.22 Å². The largest absolute Gasteiger partial charge is 0.411 e. The first-order chi connectivity index (χ1) is 13.5. The number of aryl methyl sites for hydroxylation is 2. The molecule has 5 nitrogen and oxygen atoms in total. The average molecular weight is 396 g/mol. The Balaban J connectivity index is 1.49. The molecular weight excluding hydrogens is 370 g/mol. The lowest BCUT2D eigenvalue weighted by Crippen LogP contribution is -2.37. The molecule has 1 N–H and O–H groups in total. The third-order valence-corrected chi connectivity index (χ3v) is 5.38. The zero-order chi connectivity index (χ0) is 19.9. The van der Waals surface area contributed by atoms with Crippen molar-refractivity contribution in [3.8, 4) is 11.5 Å². The lowest BCUT2D eigenvalue weighted by atomic mass is 10.1. The lowest BCUT2D eigenvalue weighted by Gasteiger charge is -2.16. The van der Waals surface area contributed by atoms with Gasteiger partial charge < -0.3 is 9.73 Å². The molecule has 3 aromatic rings. The Morgan fingerprint density at radius 2 is 1.79 bits per heavy atom. The maximum absolute atomic E-state index is 12.5. The van der Waals surface area contributed by atoms with Gasteiger partial charge in [-0.25, -0.2) is 0 Å². The number of thioether (sulfide) groups is 1. The minimum atomic E-state index is -0.314. The first-order valence-electron chi connectivity index (χ1n) is 9.43. The van der Waals surface area contributed by atoms with Gasteiger partial charge >= 0.3 is 0 Å². The van der Waals surface area contributed by atoms with E-state index >= 15 is 0 Å². The molecule has 28 heavy (non-hydrogen) atoms. The number of rotatable bonds is 8. The number of nitrogens with one attached hydrogen (secondary N) is 1. The maximum Gasteiger partial charge on any atom is 0.277 e. The second-order valence-corrected chi connectivity index (χ2v) is 8.23. The van der Waals surface area contributed by atoms with Crippen LogP contribution >= 0.6 is 11.8 Å². The molecule has 2 atom stereocenters. The van der Waals surface area contributed by atoms with E-state index in [1.165, 1.54) is 22.9 Å². The van der Waals surface area contributed by atoms with Crippen molar-refractivity contribution < 1.29 is 9.21 Å². The van der Waals surface area contributed by atoms with Crippen molar-refractivity contribution in [2.75, 3.05) is 0 Å². The third-order valence-electron chi connectivity index (χ3n) is 4.45. The molecule has 0 aliphatic heterocycles. The van der Waals surface area contributed by atoms with Gasteiger partial charge in [-0.3, -0.25) is 4.79 Å². The second-order valence-electron chi connectivity index (χ2n) is 6.93. The number of carbonyl (C=O) groups is 1. The Hall–Kier alpha value is -2.60. The van der Waals surface area contributed by atoms with Crippen LogP contribution in [0.2, 0.25) is 0 Å². The highest BCUT2D eigenvalue weighted by atomic mass is 32.2. The van der Waals surface area contributed by atoms with Crippen LogP contribution in [-0.4, -0.2) is 27.4 Å². The highest BCUT2D eigenvalue weighted by molar-refractivity contribution is 8.00. The fraction of sp³-hybridized carbons (Fsp3) is 0.318. The lowest BCUT2D eigenvalue weighted by molar-refractivity contribution is -0.120. The summed E-state index contributed by atoms with van der Waals surface area (Å²) in [6.45, 7) is 5.90. The van der Waals surface area contributed by atoms with Gasteiger partial charge in [0.2, 0.25) is 11.8 Å². The molecule has 146 valence electrons. The van der Waals surface area contributed by atoms with E-state index in [9.17, 15) is 4.79 Å². The summed E-state index contributed by atoms with van der Waals surface area (Å²) in [6, 6.07) is 18.3. The third kappa shape index (κ3) is 5.70. The maximum atomic E-state index is 12.5. The number of hydrogen-bond acceptors (Lipinski definition) is 5. The summed E-state index contributed by atoms with van der Waals surface area (Å²) in [6.07, 6.45) is 1.83. The molecule has 6 heteroatoms. The van der Waals surface area contributed by atoms with Crippen LogP contribution in [0.4, 0.5) is 0 Å². The number of benzene rings is 2. The molecule has 0 aliphatic rings. The normalized spacial score (nSPS) is 13.1. The van der Waals surface area contributed by atoms with E-state index < -0.39 is 0 Å². The highest BCUT2D eigenvalue weighted by Gasteiger charge is 2.20. The number of hydrogen-bond donors (Lipinski definition) is 1. The van der Waals surface area contributed by atoms with Gasteiger partial charge in [-0.05, 0) is 51.3 Å². The molecule has 0 fully saturated rings. The van der Waals surface area contributed by atoms with E-state index in [0.717, 1.165) is 18.4 Å². The Morgan fingerprint density at radius 3 is 2.50 bits per heavy atom. The molecule has 2 aromatic carbocycles. The smallest absolute Gasteiger partial charge is 0.277 e. The molecule has 1 heterocycles. The van der Waals surface area contributed by atoms with Crippen LogP contribution in [0.1, 0.15) is 31.4 Å². The van der Waals surface area contributed by atoms with Crippen molar-refractivity contribution in [3.63, 3.8) is 0 Å². The average Bonchev–Trinajstić information content (AvgIpc) is 3.16. The highest BCUT2D eigenvalue weighted by Crippen LogP contribution is 2.26. The fourth-order valence-electron chi connectivity index (χ4n) is 2.74. The van der Waals surface area contributed by atoms with Crippen LogP contribution < -0.4 is 5.32 Å².